The fourth-order valence-corrected chi connectivity index (χ4v) is 3.52. The Balaban J connectivity index is 1.49. The lowest BCUT2D eigenvalue weighted by molar-refractivity contribution is -0.313. The zero-order valence-corrected chi connectivity index (χ0v) is 15.2. The second-order valence-electron chi connectivity index (χ2n) is 7.30. The maximum Gasteiger partial charge on any atom is 0.434 e. The van der Waals surface area contributed by atoms with Crippen molar-refractivity contribution < 1.29 is 59.6 Å². The zero-order valence-electron chi connectivity index (χ0n) is 15.2. The van der Waals surface area contributed by atoms with Crippen LogP contribution in [-0.4, -0.2) is 60.8 Å². The maximum absolute atomic E-state index is 12.4. The molecule has 3 aliphatic rings. The van der Waals surface area contributed by atoms with Gasteiger partial charge in [-0.3, -0.25) is 9.59 Å². The Labute approximate surface area is 160 Å². The van der Waals surface area contributed by atoms with Crippen LogP contribution < -0.4 is 0 Å². The van der Waals surface area contributed by atoms with Gasteiger partial charge in [0, 0.05) is 12.8 Å². The molecule has 0 amide bonds. The highest BCUT2D eigenvalue weighted by Gasteiger charge is 2.63. The summed E-state index contributed by atoms with van der Waals surface area (Å²) in [4.78, 5) is 23.1. The van der Waals surface area contributed by atoms with Gasteiger partial charge in [0.1, 0.15) is 6.10 Å². The Morgan fingerprint density at radius 2 is 1.72 bits per heavy atom. The molecule has 3 fully saturated rings. The number of hydrogen-bond acceptors (Lipinski definition) is 7. The lowest BCUT2D eigenvalue weighted by Crippen LogP contribution is -2.45. The molecule has 0 bridgehead atoms. The van der Waals surface area contributed by atoms with Crippen molar-refractivity contribution in [2.24, 2.45) is 5.92 Å². The van der Waals surface area contributed by atoms with Crippen molar-refractivity contribution >= 4 is 11.9 Å². The van der Waals surface area contributed by atoms with E-state index < -0.39 is 73.1 Å². The average molecular weight is 436 g/mol. The van der Waals surface area contributed by atoms with Crippen LogP contribution in [0.2, 0.25) is 0 Å². The Bertz CT molecular complexity index is 651. The van der Waals surface area contributed by atoms with Crippen LogP contribution in [0.3, 0.4) is 0 Å². The van der Waals surface area contributed by atoms with Gasteiger partial charge in [-0.05, 0) is 20.3 Å². The van der Waals surface area contributed by atoms with Crippen molar-refractivity contribution in [3.63, 3.8) is 0 Å². The molecule has 0 aromatic heterocycles. The molecule has 0 spiro atoms. The van der Waals surface area contributed by atoms with Crippen molar-refractivity contribution in [1.82, 2.24) is 0 Å². The van der Waals surface area contributed by atoms with E-state index in [1.165, 1.54) is 6.92 Å². The standard InChI is InChI=1S/C16H18F6O7/c1-6-8-9(26-11(6)24)10-12(27-8)29-14(2,28-10)5-3-4-7(23)25-13(15(17,18)19)16(20,21)22/h6,8-10,12-13H,3-5H2,1-2H3. The Hall–Kier alpha value is -1.60. The minimum Gasteiger partial charge on any atom is -0.456 e. The van der Waals surface area contributed by atoms with Gasteiger partial charge in [0.25, 0.3) is 6.10 Å². The lowest BCUT2D eigenvalue weighted by atomic mass is 10.0. The molecular weight excluding hydrogens is 418 g/mol. The molecule has 0 saturated carbocycles. The van der Waals surface area contributed by atoms with Gasteiger partial charge in [-0.2, -0.15) is 26.3 Å². The monoisotopic (exact) mass is 436 g/mol. The normalized spacial score (nSPS) is 36.9. The molecule has 3 rings (SSSR count). The van der Waals surface area contributed by atoms with E-state index in [1.807, 2.05) is 0 Å². The van der Waals surface area contributed by atoms with Crippen LogP contribution in [-0.2, 0) is 33.3 Å². The molecule has 166 valence electrons. The first kappa shape index (κ1) is 22.1. The number of alkyl halides is 6. The van der Waals surface area contributed by atoms with Gasteiger partial charge in [0.05, 0.1) is 5.92 Å². The van der Waals surface area contributed by atoms with Gasteiger partial charge < -0.3 is 23.7 Å². The molecule has 0 aliphatic carbocycles. The number of carbonyl (C=O) groups is 2. The Morgan fingerprint density at radius 3 is 2.31 bits per heavy atom. The van der Waals surface area contributed by atoms with Crippen molar-refractivity contribution in [3.8, 4) is 0 Å². The molecule has 3 saturated heterocycles. The summed E-state index contributed by atoms with van der Waals surface area (Å²) < 4.78 is 100. The van der Waals surface area contributed by atoms with Crippen LogP contribution in [0, 0.1) is 5.92 Å². The summed E-state index contributed by atoms with van der Waals surface area (Å²) in [6, 6.07) is 0. The van der Waals surface area contributed by atoms with Gasteiger partial charge in [-0.15, -0.1) is 0 Å². The van der Waals surface area contributed by atoms with Crippen LogP contribution in [0.4, 0.5) is 26.3 Å². The van der Waals surface area contributed by atoms with Crippen LogP contribution in [0.5, 0.6) is 0 Å². The number of ether oxygens (including phenoxy) is 5. The SMILES string of the molecule is CC1C(=O)OC2C3OC(C)(CCCC(=O)OC(C(F)(F)F)C(F)(F)F)OC3OC12. The molecule has 0 aromatic rings. The van der Waals surface area contributed by atoms with Crippen molar-refractivity contribution in [3.05, 3.63) is 0 Å². The maximum atomic E-state index is 12.4. The third-order valence-corrected chi connectivity index (χ3v) is 4.93. The Morgan fingerprint density at radius 1 is 1.10 bits per heavy atom. The second-order valence-corrected chi connectivity index (χ2v) is 7.30. The number of hydrogen-bond donors (Lipinski definition) is 0. The zero-order chi connectivity index (χ0) is 21.8. The van der Waals surface area contributed by atoms with E-state index in [0.29, 0.717) is 0 Å². The third kappa shape index (κ3) is 4.45. The highest BCUT2D eigenvalue weighted by atomic mass is 19.4. The number of esters is 2. The molecule has 3 heterocycles. The molecule has 0 N–H and O–H groups in total. The van der Waals surface area contributed by atoms with E-state index in [1.54, 1.807) is 6.92 Å². The largest absolute Gasteiger partial charge is 0.456 e. The molecule has 6 unspecified atom stereocenters. The first-order valence-electron chi connectivity index (χ1n) is 8.76. The van der Waals surface area contributed by atoms with Gasteiger partial charge in [0.15, 0.2) is 24.3 Å². The summed E-state index contributed by atoms with van der Waals surface area (Å²) in [5, 5.41) is 0. The topological polar surface area (TPSA) is 80.3 Å². The first-order chi connectivity index (χ1) is 13.2. The first-order valence-corrected chi connectivity index (χ1v) is 8.76. The van der Waals surface area contributed by atoms with Gasteiger partial charge in [-0.25, -0.2) is 0 Å². The second kappa shape index (κ2) is 7.27. The molecule has 29 heavy (non-hydrogen) atoms. The van der Waals surface area contributed by atoms with Gasteiger partial charge >= 0.3 is 24.3 Å². The molecule has 0 aromatic carbocycles. The molecule has 7 nitrogen and oxygen atoms in total. The molecule has 6 atom stereocenters. The van der Waals surface area contributed by atoms with E-state index in [9.17, 15) is 35.9 Å². The summed E-state index contributed by atoms with van der Waals surface area (Å²) in [7, 11) is 0. The van der Waals surface area contributed by atoms with Crippen LogP contribution in [0.25, 0.3) is 0 Å². The third-order valence-electron chi connectivity index (χ3n) is 4.93. The number of carbonyl (C=O) groups excluding carboxylic acids is 2. The number of fused-ring (bicyclic) bond motifs is 3. The fourth-order valence-electron chi connectivity index (χ4n) is 3.52. The predicted octanol–water partition coefficient (Wildman–Crippen LogP) is 2.61. The van der Waals surface area contributed by atoms with E-state index >= 15 is 0 Å². The Kier molecular flexibility index (Phi) is 5.54. The van der Waals surface area contributed by atoms with E-state index in [4.69, 9.17) is 18.9 Å². The van der Waals surface area contributed by atoms with E-state index in [2.05, 4.69) is 4.74 Å². The molecule has 0 radical (unpaired) electrons. The highest BCUT2D eigenvalue weighted by Crippen LogP contribution is 2.45. The van der Waals surface area contributed by atoms with Crippen molar-refractivity contribution in [1.29, 1.82) is 0 Å². The minimum atomic E-state index is -5.77. The van der Waals surface area contributed by atoms with Gasteiger partial charge in [-0.1, -0.05) is 0 Å². The fraction of sp³-hybridized carbons (Fsp3) is 0.875. The van der Waals surface area contributed by atoms with Crippen LogP contribution >= 0.6 is 0 Å². The van der Waals surface area contributed by atoms with Crippen LogP contribution in [0.1, 0.15) is 33.1 Å². The number of halogens is 6. The van der Waals surface area contributed by atoms with Crippen molar-refractivity contribution in [2.75, 3.05) is 0 Å². The van der Waals surface area contributed by atoms with Crippen LogP contribution in [0.15, 0.2) is 0 Å². The van der Waals surface area contributed by atoms with Crippen molar-refractivity contribution in [2.45, 2.75) is 82.0 Å². The summed E-state index contributed by atoms with van der Waals surface area (Å²) in [6.07, 6.45) is -19.4. The summed E-state index contributed by atoms with van der Waals surface area (Å²) in [6.45, 7) is 3.11. The van der Waals surface area contributed by atoms with Gasteiger partial charge in [0.2, 0.25) is 0 Å². The lowest BCUT2D eigenvalue weighted by Gasteiger charge is -2.26. The minimum absolute atomic E-state index is 0.0396. The summed E-state index contributed by atoms with van der Waals surface area (Å²) >= 11 is 0. The summed E-state index contributed by atoms with van der Waals surface area (Å²) in [5.41, 5.74) is 0. The summed E-state index contributed by atoms with van der Waals surface area (Å²) in [5.74, 6) is -3.90. The van der Waals surface area contributed by atoms with E-state index in [-0.39, 0.29) is 12.8 Å². The average Bonchev–Trinajstić information content (AvgIpc) is 3.13. The molecule has 13 heteroatoms. The smallest absolute Gasteiger partial charge is 0.434 e. The molecule has 3 aliphatic heterocycles. The van der Waals surface area contributed by atoms with E-state index in [0.717, 1.165) is 0 Å². The molecular formula is C16H18F6O7. The highest BCUT2D eigenvalue weighted by molar-refractivity contribution is 5.75. The number of rotatable bonds is 5. The predicted molar refractivity (Wildman–Crippen MR) is 77.9 cm³/mol. The quantitative estimate of drug-likeness (QED) is 0.484.